The molecule has 1 saturated heterocycles. The standard InChI is InChI=1S/C23H27Cl2N3O2S/c1-4-18-6-11-22(21(25)14-18)28-13-12-27(15-17(3)26-31(29,30)5-2)16-23(28)19-7-9-20(24)10-8-19/h1,6-11,14,17,23,26H,5,12-13,15-16H2,2-3H3/t17-,23-/m0/s1. The molecule has 166 valence electrons. The van der Waals surface area contributed by atoms with Crippen LogP contribution in [-0.2, 0) is 10.0 Å². The third-order valence-electron chi connectivity index (χ3n) is 5.44. The van der Waals surface area contributed by atoms with E-state index in [2.05, 4.69) is 20.4 Å². The van der Waals surface area contributed by atoms with Crippen molar-refractivity contribution < 1.29 is 8.42 Å². The second kappa shape index (κ2) is 10.2. The Hall–Kier alpha value is -1.75. The lowest BCUT2D eigenvalue weighted by Gasteiger charge is -2.44. The SMILES string of the molecule is C#Cc1ccc(N2CCN(C[C@H](C)NS(=O)(=O)CC)C[C@H]2c2ccc(Cl)cc2)c(Cl)c1. The first-order chi connectivity index (χ1) is 14.7. The summed E-state index contributed by atoms with van der Waals surface area (Å²) in [5.41, 5.74) is 2.79. The summed E-state index contributed by atoms with van der Waals surface area (Å²) >= 11 is 12.7. The van der Waals surface area contributed by atoms with Crippen molar-refractivity contribution >= 4 is 38.9 Å². The number of benzene rings is 2. The molecule has 31 heavy (non-hydrogen) atoms. The topological polar surface area (TPSA) is 52.6 Å². The molecule has 0 amide bonds. The van der Waals surface area contributed by atoms with Crippen LogP contribution in [0, 0.1) is 12.3 Å². The number of sulfonamides is 1. The van der Waals surface area contributed by atoms with Crippen LogP contribution in [0.2, 0.25) is 10.0 Å². The summed E-state index contributed by atoms with van der Waals surface area (Å²) in [5.74, 6) is 2.69. The lowest BCUT2D eigenvalue weighted by molar-refractivity contribution is 0.211. The average Bonchev–Trinajstić information content (AvgIpc) is 2.74. The first kappa shape index (κ1) is 23.9. The molecule has 0 bridgehead atoms. The predicted octanol–water partition coefficient (Wildman–Crippen LogP) is 4.17. The second-order valence-corrected chi connectivity index (χ2v) is 10.6. The minimum atomic E-state index is -3.24. The number of terminal acetylenes is 1. The normalized spacial score (nSPS) is 18.5. The maximum atomic E-state index is 11.9. The molecule has 0 radical (unpaired) electrons. The number of anilines is 1. The Bertz CT molecular complexity index is 1050. The zero-order valence-corrected chi connectivity index (χ0v) is 20.0. The average molecular weight is 480 g/mol. The molecule has 0 spiro atoms. The van der Waals surface area contributed by atoms with Gasteiger partial charge in [-0.3, -0.25) is 4.90 Å². The maximum absolute atomic E-state index is 11.9. The summed E-state index contributed by atoms with van der Waals surface area (Å²) in [4.78, 5) is 4.56. The van der Waals surface area contributed by atoms with Crippen molar-refractivity contribution in [3.8, 4) is 12.3 Å². The molecule has 0 aliphatic carbocycles. The van der Waals surface area contributed by atoms with Crippen molar-refractivity contribution in [2.45, 2.75) is 25.9 Å². The number of nitrogens with one attached hydrogen (secondary N) is 1. The van der Waals surface area contributed by atoms with Gasteiger partial charge in [-0.1, -0.05) is 41.3 Å². The number of nitrogens with zero attached hydrogens (tertiary/aromatic N) is 2. The van der Waals surface area contributed by atoms with Gasteiger partial charge in [0.15, 0.2) is 0 Å². The minimum Gasteiger partial charge on any atom is -0.361 e. The smallest absolute Gasteiger partial charge is 0.211 e. The molecule has 2 atom stereocenters. The molecule has 0 unspecified atom stereocenters. The van der Waals surface area contributed by atoms with Crippen LogP contribution >= 0.6 is 23.2 Å². The van der Waals surface area contributed by atoms with Crippen LogP contribution in [0.3, 0.4) is 0 Å². The summed E-state index contributed by atoms with van der Waals surface area (Å²) in [5, 5.41) is 1.30. The monoisotopic (exact) mass is 479 g/mol. The highest BCUT2D eigenvalue weighted by Gasteiger charge is 2.30. The van der Waals surface area contributed by atoms with Crippen LogP contribution in [0.15, 0.2) is 42.5 Å². The Kier molecular flexibility index (Phi) is 7.90. The Morgan fingerprint density at radius 2 is 1.90 bits per heavy atom. The highest BCUT2D eigenvalue weighted by atomic mass is 35.5. The van der Waals surface area contributed by atoms with Gasteiger partial charge in [-0.05, 0) is 49.7 Å². The van der Waals surface area contributed by atoms with E-state index in [1.807, 2.05) is 49.4 Å². The van der Waals surface area contributed by atoms with E-state index in [-0.39, 0.29) is 17.8 Å². The number of halogens is 2. The van der Waals surface area contributed by atoms with Gasteiger partial charge in [0.2, 0.25) is 10.0 Å². The lowest BCUT2D eigenvalue weighted by Crippen LogP contribution is -2.52. The third-order valence-corrected chi connectivity index (χ3v) is 7.51. The molecule has 2 aromatic rings. The van der Waals surface area contributed by atoms with E-state index >= 15 is 0 Å². The molecule has 1 aliphatic heterocycles. The minimum absolute atomic E-state index is 0.0372. The van der Waals surface area contributed by atoms with Crippen molar-refractivity contribution in [2.24, 2.45) is 0 Å². The van der Waals surface area contributed by atoms with Gasteiger partial charge in [-0.15, -0.1) is 6.42 Å². The maximum Gasteiger partial charge on any atom is 0.211 e. The van der Waals surface area contributed by atoms with Gasteiger partial charge in [-0.25, -0.2) is 13.1 Å². The van der Waals surface area contributed by atoms with Crippen molar-refractivity contribution in [1.82, 2.24) is 9.62 Å². The van der Waals surface area contributed by atoms with Crippen LogP contribution in [0.4, 0.5) is 5.69 Å². The Morgan fingerprint density at radius 3 is 2.52 bits per heavy atom. The van der Waals surface area contributed by atoms with Gasteiger partial charge < -0.3 is 4.90 Å². The first-order valence-electron chi connectivity index (χ1n) is 10.2. The molecule has 1 N–H and O–H groups in total. The van der Waals surface area contributed by atoms with Gasteiger partial charge in [0.1, 0.15) is 0 Å². The molecule has 8 heteroatoms. The number of hydrogen-bond donors (Lipinski definition) is 1. The Morgan fingerprint density at radius 1 is 1.19 bits per heavy atom. The molecular weight excluding hydrogens is 453 g/mol. The zero-order valence-electron chi connectivity index (χ0n) is 17.7. The first-order valence-corrected chi connectivity index (χ1v) is 12.6. The van der Waals surface area contributed by atoms with Crippen molar-refractivity contribution in [1.29, 1.82) is 0 Å². The van der Waals surface area contributed by atoms with Crippen LogP contribution < -0.4 is 9.62 Å². The van der Waals surface area contributed by atoms with Crippen molar-refractivity contribution in [3.63, 3.8) is 0 Å². The molecule has 1 heterocycles. The zero-order chi connectivity index (χ0) is 22.6. The molecule has 1 fully saturated rings. The fraction of sp³-hybridized carbons (Fsp3) is 0.391. The van der Waals surface area contributed by atoms with E-state index < -0.39 is 10.0 Å². The van der Waals surface area contributed by atoms with Crippen molar-refractivity contribution in [2.75, 3.05) is 36.8 Å². The number of hydrogen-bond acceptors (Lipinski definition) is 4. The third kappa shape index (κ3) is 6.15. The molecule has 2 aromatic carbocycles. The van der Waals surface area contributed by atoms with Crippen LogP contribution in [0.5, 0.6) is 0 Å². The largest absolute Gasteiger partial charge is 0.361 e. The molecule has 5 nitrogen and oxygen atoms in total. The Balaban J connectivity index is 1.85. The van der Waals surface area contributed by atoms with Gasteiger partial charge in [0.25, 0.3) is 0 Å². The molecular formula is C23H27Cl2N3O2S. The number of rotatable bonds is 7. The second-order valence-electron chi connectivity index (χ2n) is 7.75. The summed E-state index contributed by atoms with van der Waals surface area (Å²) in [6.45, 7) is 6.42. The lowest BCUT2D eigenvalue weighted by atomic mass is 10.0. The molecule has 0 saturated carbocycles. The van der Waals surface area contributed by atoms with Gasteiger partial charge in [-0.2, -0.15) is 0 Å². The highest BCUT2D eigenvalue weighted by Crippen LogP contribution is 2.36. The van der Waals surface area contributed by atoms with E-state index in [0.29, 0.717) is 16.6 Å². The number of piperazine rings is 1. The fourth-order valence-corrected chi connectivity index (χ4v) is 5.18. The summed E-state index contributed by atoms with van der Waals surface area (Å²) in [6, 6.07) is 13.3. The fourth-order valence-electron chi connectivity index (χ4n) is 3.91. The van der Waals surface area contributed by atoms with Crippen molar-refractivity contribution in [3.05, 3.63) is 63.6 Å². The van der Waals surface area contributed by atoms with E-state index in [4.69, 9.17) is 29.6 Å². The molecule has 1 aliphatic rings. The van der Waals surface area contributed by atoms with E-state index in [1.165, 1.54) is 0 Å². The quantitative estimate of drug-likeness (QED) is 0.605. The molecule has 3 rings (SSSR count). The van der Waals surface area contributed by atoms with Gasteiger partial charge >= 0.3 is 0 Å². The summed E-state index contributed by atoms with van der Waals surface area (Å²) in [6.07, 6.45) is 5.51. The van der Waals surface area contributed by atoms with Crippen LogP contribution in [0.25, 0.3) is 0 Å². The molecule has 0 aromatic heterocycles. The van der Waals surface area contributed by atoms with Gasteiger partial charge in [0.05, 0.1) is 22.5 Å². The van der Waals surface area contributed by atoms with Crippen LogP contribution in [-0.4, -0.2) is 51.3 Å². The highest BCUT2D eigenvalue weighted by molar-refractivity contribution is 7.89. The predicted molar refractivity (Wildman–Crippen MR) is 129 cm³/mol. The van der Waals surface area contributed by atoms with Gasteiger partial charge in [0, 0.05) is 42.8 Å². The van der Waals surface area contributed by atoms with Crippen LogP contribution in [0.1, 0.15) is 31.0 Å². The van der Waals surface area contributed by atoms with E-state index in [9.17, 15) is 8.42 Å². The summed E-state index contributed by atoms with van der Waals surface area (Å²) in [7, 11) is -3.24. The van der Waals surface area contributed by atoms with E-state index in [1.54, 1.807) is 6.92 Å². The Labute approximate surface area is 195 Å². The van der Waals surface area contributed by atoms with E-state index in [0.717, 1.165) is 36.4 Å². The summed E-state index contributed by atoms with van der Waals surface area (Å²) < 4.78 is 26.6.